The molecule has 9 nitrogen and oxygen atoms in total. The van der Waals surface area contributed by atoms with Crippen LogP contribution in [-0.2, 0) is 9.53 Å². The number of hydrogen-bond acceptors (Lipinski definition) is 6. The van der Waals surface area contributed by atoms with Crippen LogP contribution in [-0.4, -0.2) is 67.0 Å². The highest BCUT2D eigenvalue weighted by Gasteiger charge is 2.31. The molecule has 3 rings (SSSR count). The van der Waals surface area contributed by atoms with E-state index in [-0.39, 0.29) is 17.9 Å². The first-order chi connectivity index (χ1) is 14.8. The zero-order valence-electron chi connectivity index (χ0n) is 18.3. The first kappa shape index (κ1) is 22.3. The lowest BCUT2D eigenvalue weighted by molar-refractivity contribution is -0.143. The molecule has 0 bridgehead atoms. The Kier molecular flexibility index (Phi) is 6.94. The number of oxazole rings is 1. The van der Waals surface area contributed by atoms with Crippen molar-refractivity contribution in [2.75, 3.05) is 34.3 Å². The summed E-state index contributed by atoms with van der Waals surface area (Å²) in [6, 6.07) is 7.78. The number of urea groups is 1. The zero-order valence-corrected chi connectivity index (χ0v) is 18.3. The van der Waals surface area contributed by atoms with Gasteiger partial charge in [0.05, 0.1) is 7.11 Å². The van der Waals surface area contributed by atoms with E-state index in [1.165, 1.54) is 12.0 Å². The number of carbonyl (C=O) groups excluding carboxylic acids is 3. The summed E-state index contributed by atoms with van der Waals surface area (Å²) in [4.78, 5) is 44.7. The number of hydrogen-bond donors (Lipinski definition) is 1. The van der Waals surface area contributed by atoms with Gasteiger partial charge in [0, 0.05) is 33.1 Å². The van der Waals surface area contributed by atoms with Crippen LogP contribution >= 0.6 is 0 Å². The first-order valence-electron chi connectivity index (χ1n) is 10.2. The molecular weight excluding hydrogens is 400 g/mol. The maximum atomic E-state index is 12.8. The quantitative estimate of drug-likeness (QED) is 0.734. The fraction of sp³-hybridized carbons (Fsp3) is 0.455. The number of esters is 1. The van der Waals surface area contributed by atoms with E-state index in [2.05, 4.69) is 10.3 Å². The number of aryl methyl sites for hydroxylation is 1. The summed E-state index contributed by atoms with van der Waals surface area (Å²) in [6.07, 6.45) is 1.30. The predicted molar refractivity (Wildman–Crippen MR) is 113 cm³/mol. The van der Waals surface area contributed by atoms with E-state index in [0.717, 1.165) is 0 Å². The summed E-state index contributed by atoms with van der Waals surface area (Å²) >= 11 is 0. The molecule has 9 heteroatoms. The predicted octanol–water partition coefficient (Wildman–Crippen LogP) is 2.49. The van der Waals surface area contributed by atoms with Crippen LogP contribution < -0.4 is 5.32 Å². The molecule has 1 fully saturated rings. The second-order valence-corrected chi connectivity index (χ2v) is 7.73. The van der Waals surface area contributed by atoms with Gasteiger partial charge in [-0.3, -0.25) is 4.79 Å². The molecule has 1 atom stereocenters. The maximum Gasteiger partial charge on any atom is 0.333 e. The minimum atomic E-state index is -0.870. The summed E-state index contributed by atoms with van der Waals surface area (Å²) in [6.45, 7) is 2.70. The van der Waals surface area contributed by atoms with Gasteiger partial charge in [-0.15, -0.1) is 0 Å². The van der Waals surface area contributed by atoms with E-state index in [0.29, 0.717) is 48.8 Å². The maximum absolute atomic E-state index is 12.8. The van der Waals surface area contributed by atoms with E-state index in [1.54, 1.807) is 50.2 Å². The molecule has 3 amide bonds. The number of methoxy groups -OCH3 is 1. The van der Waals surface area contributed by atoms with Gasteiger partial charge in [0.25, 0.3) is 5.91 Å². The zero-order chi connectivity index (χ0) is 22.5. The van der Waals surface area contributed by atoms with Crippen molar-refractivity contribution in [1.82, 2.24) is 20.1 Å². The fourth-order valence-corrected chi connectivity index (χ4v) is 3.59. The number of carbonyl (C=O) groups is 3. The summed E-state index contributed by atoms with van der Waals surface area (Å²) in [5.74, 6) is 0.330. The number of amides is 3. The smallest absolute Gasteiger partial charge is 0.333 e. The monoisotopic (exact) mass is 428 g/mol. The molecule has 1 N–H and O–H groups in total. The van der Waals surface area contributed by atoms with E-state index >= 15 is 0 Å². The number of rotatable bonds is 5. The molecule has 0 aliphatic carbocycles. The second-order valence-electron chi connectivity index (χ2n) is 7.73. The Hall–Kier alpha value is -3.36. The van der Waals surface area contributed by atoms with Gasteiger partial charge >= 0.3 is 12.0 Å². The second kappa shape index (κ2) is 9.63. The lowest BCUT2D eigenvalue weighted by Crippen LogP contribution is -2.47. The summed E-state index contributed by atoms with van der Waals surface area (Å²) in [7, 11) is 4.64. The van der Waals surface area contributed by atoms with Gasteiger partial charge in [-0.1, -0.05) is 30.3 Å². The lowest BCUT2D eigenvalue weighted by Gasteiger charge is -2.31. The minimum absolute atomic E-state index is 0.0250. The molecule has 2 heterocycles. The highest BCUT2D eigenvalue weighted by atomic mass is 16.5. The van der Waals surface area contributed by atoms with Gasteiger partial charge < -0.3 is 24.3 Å². The molecule has 31 heavy (non-hydrogen) atoms. The number of nitrogens with zero attached hydrogens (tertiary/aromatic N) is 3. The third-order valence-electron chi connectivity index (χ3n) is 5.39. The number of benzene rings is 1. The average molecular weight is 428 g/mol. The van der Waals surface area contributed by atoms with Crippen LogP contribution in [0.4, 0.5) is 4.79 Å². The van der Waals surface area contributed by atoms with Crippen LogP contribution in [0.25, 0.3) is 0 Å². The number of aromatic nitrogens is 1. The van der Waals surface area contributed by atoms with Gasteiger partial charge in [-0.2, -0.15) is 0 Å². The Bertz CT molecular complexity index is 933. The van der Waals surface area contributed by atoms with Crippen molar-refractivity contribution in [2.24, 2.45) is 0 Å². The van der Waals surface area contributed by atoms with Crippen molar-refractivity contribution in [2.45, 2.75) is 31.7 Å². The molecule has 1 aliphatic heterocycles. The summed E-state index contributed by atoms with van der Waals surface area (Å²) in [5, 5.41) is 2.77. The topological polar surface area (TPSA) is 105 Å². The highest BCUT2D eigenvalue weighted by molar-refractivity contribution is 5.92. The van der Waals surface area contributed by atoms with E-state index in [4.69, 9.17) is 9.15 Å². The van der Waals surface area contributed by atoms with Gasteiger partial charge in [0.15, 0.2) is 17.6 Å². The van der Waals surface area contributed by atoms with E-state index in [9.17, 15) is 14.4 Å². The standard InChI is InChI=1S/C22H28N4O5/c1-14-17(20(27)25(2)3)23-19(31-14)16-10-12-26(13-11-16)22(29)24-18(21(28)30-4)15-8-6-5-7-9-15/h5-9,16,18H,10-13H2,1-4H3,(H,24,29)/t18-/m1/s1. The molecule has 1 aromatic heterocycles. The molecule has 1 aromatic carbocycles. The fourth-order valence-electron chi connectivity index (χ4n) is 3.59. The number of likely N-dealkylation sites (tertiary alicyclic amines) is 1. The summed E-state index contributed by atoms with van der Waals surface area (Å²) in [5.41, 5.74) is 0.981. The van der Waals surface area contributed by atoms with Crippen molar-refractivity contribution in [3.05, 3.63) is 53.2 Å². The third kappa shape index (κ3) is 5.04. The number of nitrogens with one attached hydrogen (secondary N) is 1. The Labute approximate surface area is 181 Å². The van der Waals surface area contributed by atoms with Gasteiger partial charge in [0.1, 0.15) is 5.76 Å². The molecule has 2 aromatic rings. The minimum Gasteiger partial charge on any atom is -0.467 e. The van der Waals surface area contributed by atoms with Crippen LogP contribution in [0.3, 0.4) is 0 Å². The van der Waals surface area contributed by atoms with Crippen molar-refractivity contribution < 1.29 is 23.5 Å². The molecular formula is C22H28N4O5. The van der Waals surface area contributed by atoms with Crippen LogP contribution in [0.1, 0.15) is 52.5 Å². The number of ether oxygens (including phenoxy) is 1. The molecule has 1 aliphatic rings. The van der Waals surface area contributed by atoms with Crippen LogP contribution in [0.15, 0.2) is 34.7 Å². The SMILES string of the molecule is COC(=O)[C@H](NC(=O)N1CCC(c2nc(C(=O)N(C)C)c(C)o2)CC1)c1ccccc1. The molecule has 1 saturated heterocycles. The Balaban J connectivity index is 1.62. The molecule has 0 saturated carbocycles. The van der Waals surface area contributed by atoms with Crippen molar-refractivity contribution in [3.63, 3.8) is 0 Å². The molecule has 0 unspecified atom stereocenters. The van der Waals surface area contributed by atoms with Crippen LogP contribution in [0.5, 0.6) is 0 Å². The highest BCUT2D eigenvalue weighted by Crippen LogP contribution is 2.29. The van der Waals surface area contributed by atoms with E-state index in [1.807, 2.05) is 6.07 Å². The molecule has 166 valence electrons. The van der Waals surface area contributed by atoms with Crippen LogP contribution in [0.2, 0.25) is 0 Å². The summed E-state index contributed by atoms with van der Waals surface area (Å²) < 4.78 is 10.6. The van der Waals surface area contributed by atoms with Gasteiger partial charge in [0.2, 0.25) is 0 Å². The van der Waals surface area contributed by atoms with Gasteiger partial charge in [-0.05, 0) is 25.3 Å². The largest absolute Gasteiger partial charge is 0.467 e. The Morgan fingerprint density at radius 2 is 1.84 bits per heavy atom. The lowest BCUT2D eigenvalue weighted by atomic mass is 9.97. The number of piperidine rings is 1. The molecule has 0 spiro atoms. The van der Waals surface area contributed by atoms with Crippen molar-refractivity contribution in [3.8, 4) is 0 Å². The Morgan fingerprint density at radius 1 is 1.19 bits per heavy atom. The Morgan fingerprint density at radius 3 is 2.42 bits per heavy atom. The van der Waals surface area contributed by atoms with Gasteiger partial charge in [-0.25, -0.2) is 14.6 Å². The first-order valence-corrected chi connectivity index (χ1v) is 10.2. The van der Waals surface area contributed by atoms with Crippen LogP contribution in [0, 0.1) is 6.92 Å². The normalized spacial score (nSPS) is 15.3. The third-order valence-corrected chi connectivity index (χ3v) is 5.39. The molecule has 0 radical (unpaired) electrons. The van der Waals surface area contributed by atoms with Crippen molar-refractivity contribution >= 4 is 17.9 Å². The average Bonchev–Trinajstić information content (AvgIpc) is 3.18. The van der Waals surface area contributed by atoms with Crippen molar-refractivity contribution in [1.29, 1.82) is 0 Å². The van der Waals surface area contributed by atoms with E-state index < -0.39 is 12.0 Å².